The van der Waals surface area contributed by atoms with Gasteiger partial charge in [0.25, 0.3) is 5.91 Å². The summed E-state index contributed by atoms with van der Waals surface area (Å²) >= 11 is 1.85. The molecule has 4 heterocycles. The Balaban J connectivity index is 1.66. The van der Waals surface area contributed by atoms with Crippen molar-refractivity contribution in [3.8, 4) is 5.75 Å². The van der Waals surface area contributed by atoms with Crippen LogP contribution in [-0.4, -0.2) is 28.2 Å². The predicted molar refractivity (Wildman–Crippen MR) is 132 cm³/mol. The van der Waals surface area contributed by atoms with Crippen LogP contribution in [0.15, 0.2) is 70.5 Å². The summed E-state index contributed by atoms with van der Waals surface area (Å²) in [4.78, 5) is 29.4. The average molecular weight is 478 g/mol. The zero-order chi connectivity index (χ0) is 22.5. The van der Waals surface area contributed by atoms with E-state index in [0.717, 1.165) is 25.0 Å². The highest BCUT2D eigenvalue weighted by molar-refractivity contribution is 7.98. The molecule has 1 fully saturated rings. The van der Waals surface area contributed by atoms with Crippen molar-refractivity contribution < 1.29 is 9.32 Å². The van der Waals surface area contributed by atoms with Gasteiger partial charge in [0.15, 0.2) is 5.69 Å². The van der Waals surface area contributed by atoms with Crippen LogP contribution in [0.1, 0.15) is 52.5 Å². The lowest BCUT2D eigenvalue weighted by Crippen LogP contribution is -2.63. The van der Waals surface area contributed by atoms with Crippen molar-refractivity contribution in [1.82, 2.24) is 9.58 Å². The van der Waals surface area contributed by atoms with E-state index < -0.39 is 0 Å². The maximum absolute atomic E-state index is 13.6. The van der Waals surface area contributed by atoms with Crippen LogP contribution in [0.5, 0.6) is 5.75 Å². The van der Waals surface area contributed by atoms with Gasteiger partial charge in [-0.25, -0.2) is 0 Å². The molecule has 1 unspecified atom stereocenters. The minimum atomic E-state index is -0.294. The van der Waals surface area contributed by atoms with Crippen LogP contribution in [0, 0.1) is 0 Å². The Morgan fingerprint density at radius 1 is 0.970 bits per heavy atom. The Morgan fingerprint density at radius 2 is 1.76 bits per heavy atom. The van der Waals surface area contributed by atoms with E-state index in [-0.39, 0.29) is 29.3 Å². The molecule has 0 N–H and O–H groups in total. The van der Waals surface area contributed by atoms with Gasteiger partial charge >= 0.3 is 0 Å². The molecule has 0 bridgehead atoms. The lowest BCUT2D eigenvalue weighted by molar-refractivity contribution is 0.0465. The number of amides is 1. The van der Waals surface area contributed by atoms with Crippen LogP contribution >= 0.6 is 21.2 Å². The number of carbonyl (C=O) groups is 1. The van der Waals surface area contributed by atoms with Crippen molar-refractivity contribution in [2.24, 2.45) is 0 Å². The summed E-state index contributed by atoms with van der Waals surface area (Å²) in [6.45, 7) is 0.671. The first-order chi connectivity index (χ1) is 16.2. The van der Waals surface area contributed by atoms with E-state index >= 15 is 0 Å². The molecule has 0 spiro atoms. The third kappa shape index (κ3) is 3.21. The second-order valence-corrected chi connectivity index (χ2v) is 9.86. The highest BCUT2D eigenvalue weighted by atomic mass is 32.2. The molecule has 3 aromatic rings. The maximum atomic E-state index is 13.6. The van der Waals surface area contributed by atoms with Crippen LogP contribution in [0.3, 0.4) is 0 Å². The summed E-state index contributed by atoms with van der Waals surface area (Å²) in [6.07, 6.45) is 4.52. The van der Waals surface area contributed by atoms with E-state index in [1.54, 1.807) is 6.20 Å². The van der Waals surface area contributed by atoms with Crippen molar-refractivity contribution in [3.63, 3.8) is 0 Å². The fraction of sp³-hybridized carbons (Fsp3) is 0.280. The van der Waals surface area contributed by atoms with Gasteiger partial charge in [0.05, 0.1) is 15.5 Å². The van der Waals surface area contributed by atoms with Crippen LogP contribution in [-0.2, 0) is 5.75 Å². The molecule has 3 aliphatic heterocycles. The molecule has 3 aliphatic rings. The highest BCUT2D eigenvalue weighted by Gasteiger charge is 2.45. The molecule has 1 aromatic heterocycles. The molecule has 0 radical (unpaired) electrons. The van der Waals surface area contributed by atoms with Crippen molar-refractivity contribution >= 4 is 27.1 Å². The average Bonchev–Trinajstić information content (AvgIpc) is 3.02. The normalized spacial score (nSPS) is 21.4. The van der Waals surface area contributed by atoms with Crippen LogP contribution < -0.4 is 15.0 Å². The quantitative estimate of drug-likeness (QED) is 0.515. The number of thioether (sulfide) groups is 1. The van der Waals surface area contributed by atoms with Crippen LogP contribution in [0.25, 0.3) is 0 Å². The standard InChI is InChI=1S/C25H24N3O3PS/c29-19-12-14-27-23(24(19)31-32)25(30)26-13-6-5-11-21(26)28(27)22-17-8-2-1-7-16(17)15-33-20-10-4-3-9-18(20)22/h1-4,7-10,12,14,21-22H,5-6,11,13,15,32H2/t21-,22+/m1/s1. The van der Waals surface area contributed by atoms with Crippen molar-refractivity contribution in [2.75, 3.05) is 11.6 Å². The number of rotatable bonds is 2. The third-order valence-electron chi connectivity index (χ3n) is 6.85. The number of fused-ring (bicyclic) bond motifs is 4. The smallest absolute Gasteiger partial charge is 0.278 e. The van der Waals surface area contributed by atoms with Gasteiger partial charge in [-0.1, -0.05) is 42.5 Å². The van der Waals surface area contributed by atoms with Crippen molar-refractivity contribution in [2.45, 2.75) is 42.1 Å². The Morgan fingerprint density at radius 3 is 2.61 bits per heavy atom. The molecule has 0 saturated carbocycles. The van der Waals surface area contributed by atoms with Crippen molar-refractivity contribution in [1.29, 1.82) is 0 Å². The van der Waals surface area contributed by atoms with Gasteiger partial charge in [-0.05, 0) is 42.0 Å². The topological polar surface area (TPSA) is 54.8 Å². The molecule has 1 saturated heterocycles. The fourth-order valence-corrected chi connectivity index (χ4v) is 6.71. The van der Waals surface area contributed by atoms with E-state index in [2.05, 4.69) is 63.0 Å². The summed E-state index contributed by atoms with van der Waals surface area (Å²) in [5.41, 5.74) is 3.73. The summed E-state index contributed by atoms with van der Waals surface area (Å²) in [7, 11) is 2.14. The molecule has 33 heavy (non-hydrogen) atoms. The van der Waals surface area contributed by atoms with Crippen molar-refractivity contribution in [3.05, 3.63) is 93.4 Å². The van der Waals surface area contributed by atoms with Gasteiger partial charge in [-0.15, -0.1) is 11.8 Å². The number of hydrogen-bond acceptors (Lipinski definition) is 5. The maximum Gasteiger partial charge on any atom is 0.278 e. The summed E-state index contributed by atoms with van der Waals surface area (Å²) < 4.78 is 7.28. The molecule has 0 aliphatic carbocycles. The molecule has 8 heteroatoms. The van der Waals surface area contributed by atoms with Crippen LogP contribution in [0.4, 0.5) is 0 Å². The van der Waals surface area contributed by atoms with Gasteiger partial charge in [-0.2, -0.15) is 0 Å². The first-order valence-corrected chi connectivity index (χ1v) is 12.7. The number of piperidine rings is 1. The van der Waals surface area contributed by atoms with Gasteiger partial charge in [0.1, 0.15) is 6.17 Å². The lowest BCUT2D eigenvalue weighted by atomic mass is 9.92. The zero-order valence-corrected chi connectivity index (χ0v) is 20.0. The number of aromatic nitrogens is 1. The second kappa shape index (κ2) is 8.23. The molecular formula is C25H24N3O3PS. The van der Waals surface area contributed by atoms with Gasteiger partial charge in [0, 0.05) is 29.5 Å². The minimum absolute atomic E-state index is 0.0751. The minimum Gasteiger partial charge on any atom is -0.474 e. The van der Waals surface area contributed by atoms with E-state index in [4.69, 9.17) is 4.52 Å². The Hall–Kier alpha value is -2.76. The lowest BCUT2D eigenvalue weighted by Gasteiger charge is -2.52. The van der Waals surface area contributed by atoms with Gasteiger partial charge < -0.3 is 9.42 Å². The number of nitrogens with zero attached hydrogens (tertiary/aromatic N) is 3. The molecule has 168 valence electrons. The Kier molecular flexibility index (Phi) is 5.19. The van der Waals surface area contributed by atoms with E-state index in [9.17, 15) is 9.59 Å². The Bertz CT molecular complexity index is 1260. The molecule has 6 rings (SSSR count). The SMILES string of the molecule is O=C1c2c(OP)c(=O)ccn2N([C@H]2c3ccccc3CSc3ccccc32)[C@@H]2CCCCN12. The fourth-order valence-electron chi connectivity index (χ4n) is 5.39. The van der Waals surface area contributed by atoms with Crippen LogP contribution in [0.2, 0.25) is 0 Å². The van der Waals surface area contributed by atoms with Gasteiger partial charge in [-0.3, -0.25) is 19.3 Å². The van der Waals surface area contributed by atoms with Gasteiger partial charge in [0.2, 0.25) is 11.2 Å². The first kappa shape index (κ1) is 20.8. The predicted octanol–water partition coefficient (Wildman–Crippen LogP) is 4.32. The molecule has 3 atom stereocenters. The second-order valence-electron chi connectivity index (χ2n) is 8.60. The third-order valence-corrected chi connectivity index (χ3v) is 8.23. The molecule has 2 aromatic carbocycles. The number of carbonyl (C=O) groups excluding carboxylic acids is 1. The molecular weight excluding hydrogens is 453 g/mol. The van der Waals surface area contributed by atoms with E-state index in [0.29, 0.717) is 12.2 Å². The first-order valence-electron chi connectivity index (χ1n) is 11.2. The highest BCUT2D eigenvalue weighted by Crippen LogP contribution is 2.45. The van der Waals surface area contributed by atoms with E-state index in [1.807, 2.05) is 21.3 Å². The number of pyridine rings is 1. The van der Waals surface area contributed by atoms with E-state index in [1.165, 1.54) is 27.7 Å². The summed E-state index contributed by atoms with van der Waals surface area (Å²) in [5.74, 6) is 0.823. The monoisotopic (exact) mass is 477 g/mol. The molecule has 6 nitrogen and oxygen atoms in total. The summed E-state index contributed by atoms with van der Waals surface area (Å²) in [5, 5.41) is 2.30. The largest absolute Gasteiger partial charge is 0.474 e. The Labute approximate surface area is 198 Å². The molecule has 1 amide bonds. The number of benzene rings is 2. The summed E-state index contributed by atoms with van der Waals surface area (Å²) in [6, 6.07) is 18.5. The zero-order valence-electron chi connectivity index (χ0n) is 18.0. The number of hydrogen-bond donors (Lipinski definition) is 0.